The Hall–Kier alpha value is -3.17. The van der Waals surface area contributed by atoms with Gasteiger partial charge in [0.25, 0.3) is 5.56 Å². The van der Waals surface area contributed by atoms with Gasteiger partial charge in [-0.1, -0.05) is 41.4 Å². The molecular weight excluding hydrogens is 463 g/mol. The molecule has 0 fully saturated rings. The van der Waals surface area contributed by atoms with Crippen molar-refractivity contribution in [3.63, 3.8) is 0 Å². The van der Waals surface area contributed by atoms with Crippen molar-refractivity contribution < 1.29 is 18.0 Å². The van der Waals surface area contributed by atoms with E-state index in [1.807, 2.05) is 36.6 Å². The predicted octanol–water partition coefficient (Wildman–Crippen LogP) is 5.74. The molecule has 4 rings (SSSR count). The van der Waals surface area contributed by atoms with Crippen molar-refractivity contribution in [2.75, 3.05) is 5.32 Å². The van der Waals surface area contributed by atoms with E-state index in [0.29, 0.717) is 15.8 Å². The lowest BCUT2D eigenvalue weighted by Gasteiger charge is -2.12. The van der Waals surface area contributed by atoms with Crippen LogP contribution in [-0.4, -0.2) is 15.5 Å². The summed E-state index contributed by atoms with van der Waals surface area (Å²) in [5, 5.41) is 4.50. The van der Waals surface area contributed by atoms with Gasteiger partial charge < -0.3 is 5.32 Å². The summed E-state index contributed by atoms with van der Waals surface area (Å²) in [5.41, 5.74) is 1.07. The molecule has 1 amide bonds. The van der Waals surface area contributed by atoms with Gasteiger partial charge in [-0.3, -0.25) is 14.2 Å². The van der Waals surface area contributed by atoms with Crippen molar-refractivity contribution in [3.8, 4) is 11.1 Å². The lowest BCUT2D eigenvalue weighted by molar-refractivity contribution is -0.137. The molecule has 0 aliphatic heterocycles. The van der Waals surface area contributed by atoms with E-state index in [2.05, 4.69) is 10.3 Å². The van der Waals surface area contributed by atoms with Crippen LogP contribution in [0.2, 0.25) is 5.02 Å². The van der Waals surface area contributed by atoms with Crippen molar-refractivity contribution in [1.29, 1.82) is 0 Å². The summed E-state index contributed by atoms with van der Waals surface area (Å²) in [6.07, 6.45) is -3.34. The van der Waals surface area contributed by atoms with Crippen molar-refractivity contribution in [1.82, 2.24) is 9.55 Å². The van der Waals surface area contributed by atoms with Gasteiger partial charge in [0.1, 0.15) is 11.4 Å². The molecule has 1 N–H and O–H groups in total. The van der Waals surface area contributed by atoms with Crippen LogP contribution < -0.4 is 10.9 Å². The van der Waals surface area contributed by atoms with Gasteiger partial charge in [0.05, 0.1) is 28.0 Å². The second-order valence-corrected chi connectivity index (χ2v) is 8.38. The fourth-order valence-electron chi connectivity index (χ4n) is 3.17. The summed E-state index contributed by atoms with van der Waals surface area (Å²) in [7, 11) is 0. The molecule has 0 unspecified atom stereocenters. The number of anilines is 1. The average molecular weight is 478 g/mol. The third-order valence-corrected chi connectivity index (χ3v) is 6.02. The minimum Gasteiger partial charge on any atom is -0.323 e. The first-order valence-electron chi connectivity index (χ1n) is 9.34. The Labute approximate surface area is 189 Å². The van der Waals surface area contributed by atoms with Crippen LogP contribution >= 0.6 is 22.9 Å². The minimum absolute atomic E-state index is 0.0493. The van der Waals surface area contributed by atoms with Gasteiger partial charge in [0.2, 0.25) is 5.91 Å². The smallest absolute Gasteiger partial charge is 0.323 e. The summed E-state index contributed by atoms with van der Waals surface area (Å²) in [6, 6.07) is 10.3. The lowest BCUT2D eigenvalue weighted by Crippen LogP contribution is -2.28. The molecule has 0 bridgehead atoms. The fourth-order valence-corrected chi connectivity index (χ4v) is 4.24. The Morgan fingerprint density at radius 1 is 1.19 bits per heavy atom. The number of alkyl halides is 3. The van der Waals surface area contributed by atoms with Gasteiger partial charge in [-0.2, -0.15) is 13.2 Å². The van der Waals surface area contributed by atoms with E-state index in [-0.39, 0.29) is 10.7 Å². The topological polar surface area (TPSA) is 64.0 Å². The van der Waals surface area contributed by atoms with E-state index < -0.39 is 29.8 Å². The molecule has 164 valence electrons. The standard InChI is InChI=1S/C22H15ClF3N3O2S/c1-12-2-4-13(5-3-12)15-10-32-20-19(15)21(31)29(11-27-20)9-18(30)28-17-8-14(22(24,25)26)6-7-16(17)23/h2-8,10-11H,9H2,1H3,(H,28,30). The first kappa shape index (κ1) is 22.0. The van der Waals surface area contributed by atoms with Crippen LogP contribution in [0.4, 0.5) is 18.9 Å². The number of rotatable bonds is 4. The fraction of sp³-hybridized carbons (Fsp3) is 0.136. The third-order valence-electron chi connectivity index (χ3n) is 4.81. The minimum atomic E-state index is -4.58. The highest BCUT2D eigenvalue weighted by Gasteiger charge is 2.31. The second-order valence-electron chi connectivity index (χ2n) is 7.11. The number of nitrogens with zero attached hydrogens (tertiary/aromatic N) is 2. The maximum atomic E-state index is 13.1. The number of carbonyl (C=O) groups is 1. The zero-order valence-corrected chi connectivity index (χ0v) is 18.1. The molecule has 0 atom stereocenters. The number of amides is 1. The number of nitrogens with one attached hydrogen (secondary N) is 1. The van der Waals surface area contributed by atoms with Crippen molar-refractivity contribution in [2.45, 2.75) is 19.6 Å². The van der Waals surface area contributed by atoms with Gasteiger partial charge in [0.15, 0.2) is 0 Å². The highest BCUT2D eigenvalue weighted by molar-refractivity contribution is 7.17. The predicted molar refractivity (Wildman–Crippen MR) is 119 cm³/mol. The molecule has 2 heterocycles. The quantitative estimate of drug-likeness (QED) is 0.407. The number of aromatic nitrogens is 2. The van der Waals surface area contributed by atoms with Crippen LogP contribution in [-0.2, 0) is 17.5 Å². The Kier molecular flexibility index (Phi) is 5.79. The summed E-state index contributed by atoms with van der Waals surface area (Å²) in [5.74, 6) is -0.707. The number of aryl methyl sites for hydroxylation is 1. The van der Waals surface area contributed by atoms with Crippen LogP contribution in [0.15, 0.2) is 59.0 Å². The zero-order chi connectivity index (χ0) is 23.0. The number of benzene rings is 2. The van der Waals surface area contributed by atoms with Gasteiger partial charge in [-0.05, 0) is 30.7 Å². The molecule has 0 saturated heterocycles. The van der Waals surface area contributed by atoms with E-state index >= 15 is 0 Å². The molecule has 0 spiro atoms. The highest BCUT2D eigenvalue weighted by Crippen LogP contribution is 2.34. The van der Waals surface area contributed by atoms with Gasteiger partial charge in [-0.25, -0.2) is 4.98 Å². The lowest BCUT2D eigenvalue weighted by atomic mass is 10.1. The SMILES string of the molecule is Cc1ccc(-c2csc3ncn(CC(=O)Nc4cc(C(F)(F)F)ccc4Cl)c(=O)c23)cc1. The number of hydrogen-bond donors (Lipinski definition) is 1. The van der Waals surface area contributed by atoms with E-state index in [4.69, 9.17) is 11.6 Å². The first-order chi connectivity index (χ1) is 15.1. The maximum absolute atomic E-state index is 13.1. The van der Waals surface area contributed by atoms with Crippen molar-refractivity contribution in [3.05, 3.63) is 80.7 Å². The average Bonchev–Trinajstić information content (AvgIpc) is 3.16. The molecule has 32 heavy (non-hydrogen) atoms. The Morgan fingerprint density at radius 3 is 2.59 bits per heavy atom. The first-order valence-corrected chi connectivity index (χ1v) is 10.6. The van der Waals surface area contributed by atoms with Gasteiger partial charge in [-0.15, -0.1) is 11.3 Å². The van der Waals surface area contributed by atoms with Gasteiger partial charge in [0, 0.05) is 10.9 Å². The molecule has 10 heteroatoms. The molecule has 0 saturated carbocycles. The Bertz CT molecular complexity index is 1380. The highest BCUT2D eigenvalue weighted by atomic mass is 35.5. The van der Waals surface area contributed by atoms with E-state index in [9.17, 15) is 22.8 Å². The third kappa shape index (κ3) is 4.39. The number of carbonyl (C=O) groups excluding carboxylic acids is 1. The summed E-state index contributed by atoms with van der Waals surface area (Å²) < 4.78 is 40.0. The van der Waals surface area contributed by atoms with Crippen molar-refractivity contribution in [2.24, 2.45) is 0 Å². The number of thiophene rings is 1. The zero-order valence-electron chi connectivity index (χ0n) is 16.5. The normalized spacial score (nSPS) is 11.7. The maximum Gasteiger partial charge on any atom is 0.416 e. The molecule has 5 nitrogen and oxygen atoms in total. The molecule has 2 aromatic heterocycles. The van der Waals surface area contributed by atoms with Crippen LogP contribution in [0, 0.1) is 6.92 Å². The molecular formula is C22H15ClF3N3O2S. The summed E-state index contributed by atoms with van der Waals surface area (Å²) in [6.45, 7) is 1.52. The molecule has 4 aromatic rings. The van der Waals surface area contributed by atoms with Crippen LogP contribution in [0.5, 0.6) is 0 Å². The molecule has 0 aliphatic rings. The van der Waals surface area contributed by atoms with Crippen LogP contribution in [0.1, 0.15) is 11.1 Å². The Balaban J connectivity index is 1.63. The molecule has 2 aromatic carbocycles. The summed E-state index contributed by atoms with van der Waals surface area (Å²) >= 11 is 7.24. The molecule has 0 aliphatic carbocycles. The van der Waals surface area contributed by atoms with Crippen LogP contribution in [0.25, 0.3) is 21.3 Å². The van der Waals surface area contributed by atoms with Crippen LogP contribution in [0.3, 0.4) is 0 Å². The molecule has 0 radical (unpaired) electrons. The number of fused-ring (bicyclic) bond motifs is 1. The van der Waals surface area contributed by atoms with E-state index in [1.54, 1.807) is 0 Å². The number of hydrogen-bond acceptors (Lipinski definition) is 4. The summed E-state index contributed by atoms with van der Waals surface area (Å²) in [4.78, 5) is 30.3. The largest absolute Gasteiger partial charge is 0.416 e. The van der Waals surface area contributed by atoms with Gasteiger partial charge >= 0.3 is 6.18 Å². The van der Waals surface area contributed by atoms with E-state index in [0.717, 1.165) is 33.9 Å². The van der Waals surface area contributed by atoms with E-state index in [1.165, 1.54) is 17.7 Å². The number of halogens is 4. The monoisotopic (exact) mass is 477 g/mol. The van der Waals surface area contributed by atoms with Crippen molar-refractivity contribution >= 4 is 44.7 Å². The Morgan fingerprint density at radius 2 is 1.91 bits per heavy atom. The second kappa shape index (κ2) is 8.40.